The van der Waals surface area contributed by atoms with Gasteiger partial charge in [-0.1, -0.05) is 0 Å². The Labute approximate surface area is 117 Å². The van der Waals surface area contributed by atoms with Crippen LogP contribution in [0.4, 0.5) is 0 Å². The van der Waals surface area contributed by atoms with Crippen LogP contribution in [-0.4, -0.2) is 41.8 Å². The summed E-state index contributed by atoms with van der Waals surface area (Å²) < 4.78 is 11.2. The van der Waals surface area contributed by atoms with E-state index in [9.17, 15) is 14.7 Å². The third kappa shape index (κ3) is 1.83. The molecule has 2 saturated heterocycles. The van der Waals surface area contributed by atoms with Crippen molar-refractivity contribution in [1.29, 1.82) is 0 Å². The summed E-state index contributed by atoms with van der Waals surface area (Å²) in [5.41, 5.74) is -1.22. The van der Waals surface area contributed by atoms with E-state index in [1.54, 1.807) is 0 Å². The van der Waals surface area contributed by atoms with E-state index < -0.39 is 11.4 Å². The number of epoxide rings is 2. The molecule has 0 aromatic heterocycles. The molecule has 2 saturated carbocycles. The Morgan fingerprint density at radius 3 is 2.75 bits per heavy atom. The maximum absolute atomic E-state index is 11.7. The van der Waals surface area contributed by atoms with Crippen molar-refractivity contribution in [3.05, 3.63) is 0 Å². The summed E-state index contributed by atoms with van der Waals surface area (Å²) in [7, 11) is 0. The first-order valence-electron chi connectivity index (χ1n) is 7.64. The van der Waals surface area contributed by atoms with Gasteiger partial charge in [-0.3, -0.25) is 4.79 Å². The van der Waals surface area contributed by atoms with Crippen LogP contribution in [0.2, 0.25) is 0 Å². The fraction of sp³-hybridized carbons (Fsp3) is 0.867. The molecule has 0 aromatic rings. The van der Waals surface area contributed by atoms with Gasteiger partial charge in [0.05, 0.1) is 24.4 Å². The van der Waals surface area contributed by atoms with Crippen molar-refractivity contribution >= 4 is 12.3 Å². The molecule has 2 aliphatic carbocycles. The van der Waals surface area contributed by atoms with Gasteiger partial charge in [0.25, 0.3) is 0 Å². The zero-order valence-corrected chi connectivity index (χ0v) is 11.4. The fourth-order valence-electron chi connectivity index (χ4n) is 4.47. The second-order valence-electron chi connectivity index (χ2n) is 6.88. The molecule has 0 spiro atoms. The number of hydrogen-bond donors (Lipinski definition) is 1. The van der Waals surface area contributed by atoms with Gasteiger partial charge >= 0.3 is 5.97 Å². The van der Waals surface area contributed by atoms with Gasteiger partial charge in [-0.25, -0.2) is 0 Å². The topological polar surface area (TPSA) is 79.4 Å². The number of fused-ring (bicyclic) bond motifs is 2. The average Bonchev–Trinajstić information content (AvgIpc) is 3.32. The maximum Gasteiger partial charge on any atom is 0.317 e. The van der Waals surface area contributed by atoms with Crippen molar-refractivity contribution in [3.8, 4) is 0 Å². The van der Waals surface area contributed by atoms with Crippen molar-refractivity contribution in [2.45, 2.75) is 62.9 Å². The summed E-state index contributed by atoms with van der Waals surface area (Å²) in [6, 6.07) is 0. The summed E-state index contributed by atoms with van der Waals surface area (Å²) in [4.78, 5) is 23.2. The molecule has 4 rings (SSSR count). The molecule has 5 nitrogen and oxygen atoms in total. The Morgan fingerprint density at radius 2 is 2.05 bits per heavy atom. The largest absolute Gasteiger partial charge is 0.480 e. The first-order valence-corrected chi connectivity index (χ1v) is 7.64. The normalized spacial score (nSPS) is 52.6. The molecule has 2 aliphatic heterocycles. The van der Waals surface area contributed by atoms with E-state index >= 15 is 0 Å². The van der Waals surface area contributed by atoms with Gasteiger partial charge in [-0.2, -0.15) is 0 Å². The van der Waals surface area contributed by atoms with Gasteiger partial charge in [0, 0.05) is 5.92 Å². The molecule has 5 heteroatoms. The van der Waals surface area contributed by atoms with Crippen LogP contribution >= 0.6 is 0 Å². The predicted molar refractivity (Wildman–Crippen MR) is 68.1 cm³/mol. The molecule has 4 aliphatic rings. The summed E-state index contributed by atoms with van der Waals surface area (Å²) >= 11 is 0. The van der Waals surface area contributed by atoms with Crippen molar-refractivity contribution < 1.29 is 24.2 Å². The Bertz CT molecular complexity index is 450. The molecule has 7 atom stereocenters. The quantitative estimate of drug-likeness (QED) is 0.478. The summed E-state index contributed by atoms with van der Waals surface area (Å²) in [5.74, 6) is -0.648. The van der Waals surface area contributed by atoms with Crippen LogP contribution in [-0.2, 0) is 19.1 Å². The van der Waals surface area contributed by atoms with Crippen LogP contribution in [0.15, 0.2) is 0 Å². The van der Waals surface area contributed by atoms with Crippen LogP contribution in [0, 0.1) is 17.3 Å². The standard InChI is InChI=1S/C15H20O5/c16-7-15(14(17)18)4-3-11-13(20-11)9(15)5-8-1-2-10-12(6-8)19-10/h7-13H,1-6H2,(H,17,18). The molecule has 0 radical (unpaired) electrons. The Hall–Kier alpha value is -0.940. The van der Waals surface area contributed by atoms with Gasteiger partial charge in [0.15, 0.2) is 0 Å². The molecule has 4 fully saturated rings. The van der Waals surface area contributed by atoms with Gasteiger partial charge in [-0.05, 0) is 44.4 Å². The number of ether oxygens (including phenoxy) is 2. The van der Waals surface area contributed by atoms with Crippen LogP contribution < -0.4 is 0 Å². The fourth-order valence-corrected chi connectivity index (χ4v) is 4.47. The third-order valence-corrected chi connectivity index (χ3v) is 5.83. The van der Waals surface area contributed by atoms with Crippen molar-refractivity contribution in [3.63, 3.8) is 0 Å². The summed E-state index contributed by atoms with van der Waals surface area (Å²) in [6.45, 7) is 0. The van der Waals surface area contributed by atoms with Crippen molar-refractivity contribution in [1.82, 2.24) is 0 Å². The van der Waals surface area contributed by atoms with Gasteiger partial charge in [0.1, 0.15) is 11.7 Å². The lowest BCUT2D eigenvalue weighted by Crippen LogP contribution is -2.47. The second-order valence-corrected chi connectivity index (χ2v) is 6.88. The Balaban J connectivity index is 1.53. The Kier molecular flexibility index (Phi) is 2.73. The minimum atomic E-state index is -1.22. The van der Waals surface area contributed by atoms with Crippen molar-refractivity contribution in [2.24, 2.45) is 17.3 Å². The van der Waals surface area contributed by atoms with E-state index in [1.165, 1.54) is 0 Å². The van der Waals surface area contributed by atoms with Crippen LogP contribution in [0.3, 0.4) is 0 Å². The molecule has 20 heavy (non-hydrogen) atoms. The molecule has 1 N–H and O–H groups in total. The van der Waals surface area contributed by atoms with E-state index in [1.807, 2.05) is 0 Å². The van der Waals surface area contributed by atoms with Crippen LogP contribution in [0.25, 0.3) is 0 Å². The van der Waals surface area contributed by atoms with E-state index in [2.05, 4.69) is 0 Å². The monoisotopic (exact) mass is 280 g/mol. The zero-order valence-electron chi connectivity index (χ0n) is 11.4. The van der Waals surface area contributed by atoms with Crippen molar-refractivity contribution in [2.75, 3.05) is 0 Å². The molecule has 0 aromatic carbocycles. The molecule has 0 amide bonds. The van der Waals surface area contributed by atoms with E-state index in [4.69, 9.17) is 9.47 Å². The number of hydrogen-bond acceptors (Lipinski definition) is 4. The highest BCUT2D eigenvalue weighted by molar-refractivity contribution is 5.92. The second kappa shape index (κ2) is 4.28. The van der Waals surface area contributed by atoms with E-state index in [0.29, 0.717) is 37.3 Å². The summed E-state index contributed by atoms with van der Waals surface area (Å²) in [5, 5.41) is 9.57. The Morgan fingerprint density at radius 1 is 1.20 bits per heavy atom. The smallest absolute Gasteiger partial charge is 0.317 e. The number of carboxylic acid groups (broad SMARTS) is 1. The number of carbonyl (C=O) groups is 2. The average molecular weight is 280 g/mol. The molecule has 0 bridgehead atoms. The highest BCUT2D eigenvalue weighted by Gasteiger charge is 2.62. The van der Waals surface area contributed by atoms with Crippen LogP contribution in [0.1, 0.15) is 38.5 Å². The zero-order chi connectivity index (χ0) is 13.9. The van der Waals surface area contributed by atoms with Crippen LogP contribution in [0.5, 0.6) is 0 Å². The minimum absolute atomic E-state index is 0.0112. The highest BCUT2D eigenvalue weighted by atomic mass is 16.6. The molecule has 7 unspecified atom stereocenters. The first kappa shape index (κ1) is 12.8. The lowest BCUT2D eigenvalue weighted by molar-refractivity contribution is -0.157. The SMILES string of the molecule is O=CC1(C(=O)O)CCC2OC2C1CC1CCC2OC2C1. The van der Waals surface area contributed by atoms with Gasteiger partial charge in [-0.15, -0.1) is 0 Å². The first-order chi connectivity index (χ1) is 9.64. The lowest BCUT2D eigenvalue weighted by Gasteiger charge is -2.36. The summed E-state index contributed by atoms with van der Waals surface area (Å²) in [6.07, 6.45) is 6.81. The maximum atomic E-state index is 11.7. The van der Waals surface area contributed by atoms with E-state index in [0.717, 1.165) is 25.7 Å². The number of aldehydes is 1. The molecule has 110 valence electrons. The number of carboxylic acids is 1. The lowest BCUT2D eigenvalue weighted by atomic mass is 9.63. The molecular weight excluding hydrogens is 260 g/mol. The van der Waals surface area contributed by atoms with Gasteiger partial charge < -0.3 is 19.4 Å². The highest BCUT2D eigenvalue weighted by Crippen LogP contribution is 2.54. The third-order valence-electron chi connectivity index (χ3n) is 5.83. The van der Waals surface area contributed by atoms with Gasteiger partial charge in [0.2, 0.25) is 0 Å². The number of carbonyl (C=O) groups excluding carboxylic acids is 1. The molecular formula is C15H20O5. The minimum Gasteiger partial charge on any atom is -0.480 e. The molecule has 2 heterocycles. The van der Waals surface area contributed by atoms with E-state index in [-0.39, 0.29) is 18.1 Å². The predicted octanol–water partition coefficient (Wildman–Crippen LogP) is 1.39. The number of aliphatic carboxylic acids is 1. The number of rotatable bonds is 4.